The summed E-state index contributed by atoms with van der Waals surface area (Å²) in [6, 6.07) is 5.58. The van der Waals surface area contributed by atoms with Gasteiger partial charge in [0, 0.05) is 11.8 Å². The van der Waals surface area contributed by atoms with Crippen LogP contribution in [-0.4, -0.2) is 24.1 Å². The van der Waals surface area contributed by atoms with Gasteiger partial charge in [0.1, 0.15) is 12.2 Å². The quantitative estimate of drug-likeness (QED) is 0.783. The molecule has 1 aromatic rings. The molecule has 110 valence electrons. The van der Waals surface area contributed by atoms with Crippen molar-refractivity contribution in [3.05, 3.63) is 34.9 Å². The van der Waals surface area contributed by atoms with E-state index >= 15 is 0 Å². The van der Waals surface area contributed by atoms with Crippen molar-refractivity contribution in [3.8, 4) is 0 Å². The van der Waals surface area contributed by atoms with Gasteiger partial charge < -0.3 is 9.47 Å². The van der Waals surface area contributed by atoms with E-state index in [1.807, 2.05) is 26.0 Å². The second-order valence-corrected chi connectivity index (χ2v) is 6.57. The fourth-order valence-electron chi connectivity index (χ4n) is 4.12. The van der Waals surface area contributed by atoms with Gasteiger partial charge >= 0.3 is 11.9 Å². The average molecular weight is 286 g/mol. The third kappa shape index (κ3) is 1.81. The predicted molar refractivity (Wildman–Crippen MR) is 74.7 cm³/mol. The molecule has 0 radical (unpaired) electrons. The highest BCUT2D eigenvalue weighted by Gasteiger charge is 2.63. The van der Waals surface area contributed by atoms with E-state index in [0.717, 1.165) is 24.0 Å². The first-order valence-electron chi connectivity index (χ1n) is 7.53. The maximum Gasteiger partial charge on any atom is 0.338 e. The zero-order valence-electron chi connectivity index (χ0n) is 12.2. The minimum atomic E-state index is -0.310. The number of fused-ring (bicyclic) bond motifs is 1. The van der Waals surface area contributed by atoms with Gasteiger partial charge in [0.25, 0.3) is 0 Å². The normalized spacial score (nSPS) is 35.9. The SMILES string of the molecule is Cc1ccc(C(=O)O[C@@H]2[C@@H]3C[C@@H]4[C@@H]2OC(=O)[C@@H]4C3)cc1C. The van der Waals surface area contributed by atoms with Crippen LogP contribution in [0.3, 0.4) is 0 Å². The van der Waals surface area contributed by atoms with E-state index in [2.05, 4.69) is 0 Å². The van der Waals surface area contributed by atoms with Crippen LogP contribution in [0, 0.1) is 31.6 Å². The Bertz CT molecular complexity index is 636. The molecule has 21 heavy (non-hydrogen) atoms. The highest BCUT2D eigenvalue weighted by atomic mass is 16.6. The van der Waals surface area contributed by atoms with E-state index in [4.69, 9.17) is 9.47 Å². The molecule has 1 saturated heterocycles. The van der Waals surface area contributed by atoms with E-state index in [-0.39, 0.29) is 41.9 Å². The van der Waals surface area contributed by atoms with Gasteiger partial charge in [-0.2, -0.15) is 0 Å². The second kappa shape index (κ2) is 4.33. The lowest BCUT2D eigenvalue weighted by atomic mass is 9.88. The van der Waals surface area contributed by atoms with Gasteiger partial charge in [-0.3, -0.25) is 4.79 Å². The molecule has 3 fully saturated rings. The number of hydrogen-bond donors (Lipinski definition) is 0. The Labute approximate surface area is 123 Å². The Morgan fingerprint density at radius 1 is 1.24 bits per heavy atom. The summed E-state index contributed by atoms with van der Waals surface area (Å²) in [5, 5.41) is 0. The Morgan fingerprint density at radius 3 is 2.81 bits per heavy atom. The van der Waals surface area contributed by atoms with Gasteiger partial charge in [0.05, 0.1) is 11.5 Å². The maximum absolute atomic E-state index is 12.3. The van der Waals surface area contributed by atoms with E-state index in [1.54, 1.807) is 6.07 Å². The summed E-state index contributed by atoms with van der Waals surface area (Å²) < 4.78 is 11.1. The van der Waals surface area contributed by atoms with Crippen LogP contribution in [0.1, 0.15) is 34.3 Å². The molecule has 1 aliphatic heterocycles. The predicted octanol–water partition coefficient (Wildman–Crippen LogP) is 2.41. The van der Waals surface area contributed by atoms with Crippen LogP contribution in [0.5, 0.6) is 0 Å². The summed E-state index contributed by atoms with van der Waals surface area (Å²) in [4.78, 5) is 24.0. The minimum absolute atomic E-state index is 0.0524. The zero-order chi connectivity index (χ0) is 14.7. The number of rotatable bonds is 2. The highest BCUT2D eigenvalue weighted by molar-refractivity contribution is 5.90. The van der Waals surface area contributed by atoms with Gasteiger partial charge in [-0.25, -0.2) is 4.79 Å². The topological polar surface area (TPSA) is 52.6 Å². The number of carbonyl (C=O) groups excluding carboxylic acids is 2. The van der Waals surface area contributed by atoms with Crippen molar-refractivity contribution in [1.82, 2.24) is 0 Å². The molecule has 2 bridgehead atoms. The number of ether oxygens (including phenoxy) is 2. The van der Waals surface area contributed by atoms with Crippen LogP contribution >= 0.6 is 0 Å². The molecule has 0 aromatic heterocycles. The maximum atomic E-state index is 12.3. The molecular formula is C17H18O4. The van der Waals surface area contributed by atoms with E-state index in [1.165, 1.54) is 0 Å². The van der Waals surface area contributed by atoms with Crippen LogP contribution in [0.25, 0.3) is 0 Å². The van der Waals surface area contributed by atoms with Crippen LogP contribution in [0.4, 0.5) is 0 Å². The summed E-state index contributed by atoms with van der Waals surface area (Å²) in [6.07, 6.45) is 1.29. The molecule has 4 rings (SSSR count). The first kappa shape index (κ1) is 12.9. The number of hydrogen-bond acceptors (Lipinski definition) is 4. The van der Waals surface area contributed by atoms with Gasteiger partial charge in [0.15, 0.2) is 0 Å². The van der Waals surface area contributed by atoms with Crippen molar-refractivity contribution in [2.24, 2.45) is 17.8 Å². The van der Waals surface area contributed by atoms with Crippen molar-refractivity contribution in [2.45, 2.75) is 38.9 Å². The molecule has 4 nitrogen and oxygen atoms in total. The second-order valence-electron chi connectivity index (χ2n) is 6.57. The molecule has 3 aliphatic rings. The van der Waals surface area contributed by atoms with Crippen LogP contribution in [-0.2, 0) is 14.3 Å². The fraction of sp³-hybridized carbons (Fsp3) is 0.529. The minimum Gasteiger partial charge on any atom is -0.458 e. The van der Waals surface area contributed by atoms with Gasteiger partial charge in [-0.1, -0.05) is 6.07 Å². The third-order valence-corrected chi connectivity index (χ3v) is 5.40. The summed E-state index contributed by atoms with van der Waals surface area (Å²) in [6.45, 7) is 3.99. The van der Waals surface area contributed by atoms with Gasteiger partial charge in [-0.15, -0.1) is 0 Å². The summed E-state index contributed by atoms with van der Waals surface area (Å²) in [7, 11) is 0. The molecule has 2 aliphatic carbocycles. The van der Waals surface area contributed by atoms with Crippen LogP contribution < -0.4 is 0 Å². The molecule has 4 heteroatoms. The monoisotopic (exact) mass is 286 g/mol. The molecule has 0 spiro atoms. The molecule has 2 saturated carbocycles. The number of carbonyl (C=O) groups is 2. The smallest absolute Gasteiger partial charge is 0.338 e. The van der Waals surface area contributed by atoms with Crippen molar-refractivity contribution in [3.63, 3.8) is 0 Å². The molecular weight excluding hydrogens is 268 g/mol. The van der Waals surface area contributed by atoms with E-state index in [9.17, 15) is 9.59 Å². The molecule has 1 heterocycles. The van der Waals surface area contributed by atoms with Gasteiger partial charge in [0.2, 0.25) is 0 Å². The summed E-state index contributed by atoms with van der Waals surface area (Å²) >= 11 is 0. The first-order valence-corrected chi connectivity index (χ1v) is 7.53. The van der Waals surface area contributed by atoms with Crippen molar-refractivity contribution < 1.29 is 19.1 Å². The van der Waals surface area contributed by atoms with E-state index < -0.39 is 0 Å². The Hall–Kier alpha value is -1.84. The van der Waals surface area contributed by atoms with Crippen molar-refractivity contribution >= 4 is 11.9 Å². The lowest BCUT2D eigenvalue weighted by Crippen LogP contribution is -2.36. The lowest BCUT2D eigenvalue weighted by molar-refractivity contribution is -0.146. The Kier molecular flexibility index (Phi) is 2.65. The average Bonchev–Trinajstić information content (AvgIpc) is 3.06. The van der Waals surface area contributed by atoms with Crippen LogP contribution in [0.2, 0.25) is 0 Å². The molecule has 0 unspecified atom stereocenters. The lowest BCUT2D eigenvalue weighted by Gasteiger charge is -2.25. The molecule has 0 N–H and O–H groups in total. The summed E-state index contributed by atoms with van der Waals surface area (Å²) in [5.74, 6) is 0.191. The largest absolute Gasteiger partial charge is 0.458 e. The number of esters is 2. The van der Waals surface area contributed by atoms with Crippen molar-refractivity contribution in [2.75, 3.05) is 0 Å². The van der Waals surface area contributed by atoms with E-state index in [0.29, 0.717) is 5.56 Å². The summed E-state index contributed by atoms with van der Waals surface area (Å²) in [5.41, 5.74) is 2.80. The van der Waals surface area contributed by atoms with Gasteiger partial charge in [-0.05, 0) is 49.9 Å². The Morgan fingerprint density at radius 2 is 2.05 bits per heavy atom. The molecule has 0 amide bonds. The number of aryl methyl sites for hydroxylation is 2. The van der Waals surface area contributed by atoms with Crippen LogP contribution in [0.15, 0.2) is 18.2 Å². The zero-order valence-corrected chi connectivity index (χ0v) is 12.2. The Balaban J connectivity index is 1.53. The molecule has 5 atom stereocenters. The fourth-order valence-corrected chi connectivity index (χ4v) is 4.12. The number of benzene rings is 1. The van der Waals surface area contributed by atoms with Crippen molar-refractivity contribution in [1.29, 1.82) is 0 Å². The molecule has 1 aromatic carbocycles. The first-order chi connectivity index (χ1) is 10.0. The highest BCUT2D eigenvalue weighted by Crippen LogP contribution is 2.55. The standard InChI is InChI=1S/C17H18O4/c1-8-3-4-10(5-9(8)2)16(18)20-14-11-6-12-13(7-11)17(19)21-15(12)14/h3-5,11-15H,6-7H2,1-2H3/t11-,12+,13-,14-,15+/m1/s1. The third-order valence-electron chi connectivity index (χ3n) is 5.40.